The Balaban J connectivity index is 2.30. The third-order valence-electron chi connectivity index (χ3n) is 2.17. The Hall–Kier alpha value is -2.07. The summed E-state index contributed by atoms with van der Waals surface area (Å²) in [6.45, 7) is 4.98. The van der Waals surface area contributed by atoms with Gasteiger partial charge in [-0.05, 0) is 30.7 Å². The van der Waals surface area contributed by atoms with E-state index in [1.807, 2.05) is 6.07 Å². The lowest BCUT2D eigenvalue weighted by Gasteiger charge is -2.04. The Morgan fingerprint density at radius 3 is 2.65 bits per heavy atom. The second-order valence-electron chi connectivity index (χ2n) is 3.97. The second kappa shape index (κ2) is 8.17. The minimum Gasteiger partial charge on any atom is -0.459 e. The van der Waals surface area contributed by atoms with Gasteiger partial charge in [-0.25, -0.2) is 9.59 Å². The molecule has 0 aliphatic heterocycles. The van der Waals surface area contributed by atoms with Crippen LogP contribution in [-0.2, 0) is 19.1 Å². The summed E-state index contributed by atoms with van der Waals surface area (Å²) in [6.07, 6.45) is 2.88. The van der Waals surface area contributed by atoms with Crippen molar-refractivity contribution in [3.05, 3.63) is 53.1 Å². The zero-order valence-electron chi connectivity index (χ0n) is 11.1. The molecule has 0 bridgehead atoms. The van der Waals surface area contributed by atoms with Crippen molar-refractivity contribution in [2.24, 2.45) is 0 Å². The number of esters is 2. The maximum Gasteiger partial charge on any atom is 0.333 e. The number of benzene rings is 1. The number of ether oxygens (including phenoxy) is 2. The molecular formula is C15H15ClO4. The van der Waals surface area contributed by atoms with Gasteiger partial charge in [-0.1, -0.05) is 30.3 Å². The summed E-state index contributed by atoms with van der Waals surface area (Å²) in [7, 11) is 0. The van der Waals surface area contributed by atoms with E-state index in [4.69, 9.17) is 21.1 Å². The van der Waals surface area contributed by atoms with Crippen LogP contribution in [0.25, 0.3) is 6.08 Å². The highest BCUT2D eigenvalue weighted by atomic mass is 35.5. The number of carbonyl (C=O) groups excluding carboxylic acids is 2. The molecule has 20 heavy (non-hydrogen) atoms. The average molecular weight is 295 g/mol. The first-order valence-electron chi connectivity index (χ1n) is 5.92. The van der Waals surface area contributed by atoms with Crippen LogP contribution in [0.4, 0.5) is 0 Å². The van der Waals surface area contributed by atoms with Gasteiger partial charge in [0.25, 0.3) is 0 Å². The molecule has 0 N–H and O–H groups in total. The van der Waals surface area contributed by atoms with E-state index in [0.717, 1.165) is 5.56 Å². The molecule has 0 amide bonds. The third-order valence-corrected chi connectivity index (χ3v) is 2.40. The highest BCUT2D eigenvalue weighted by Gasteiger charge is 2.03. The molecule has 1 rings (SSSR count). The summed E-state index contributed by atoms with van der Waals surface area (Å²) in [5.74, 6) is -1.02. The number of carbonyl (C=O) groups is 2. The maximum atomic E-state index is 11.4. The molecule has 4 nitrogen and oxygen atoms in total. The molecule has 0 atom stereocenters. The van der Waals surface area contributed by atoms with E-state index in [1.165, 1.54) is 6.08 Å². The molecule has 0 spiro atoms. The predicted molar refractivity (Wildman–Crippen MR) is 77.2 cm³/mol. The Kier molecular flexibility index (Phi) is 6.53. The predicted octanol–water partition coefficient (Wildman–Crippen LogP) is 3.02. The van der Waals surface area contributed by atoms with Gasteiger partial charge in [-0.2, -0.15) is 0 Å². The molecule has 5 heteroatoms. The van der Waals surface area contributed by atoms with Crippen LogP contribution in [0.5, 0.6) is 0 Å². The number of hydrogen-bond donors (Lipinski definition) is 0. The smallest absolute Gasteiger partial charge is 0.333 e. The SMILES string of the molecule is C=C(C)C(=O)OCCOC(=O)/C=C/c1cccc(Cl)c1. The monoisotopic (exact) mass is 294 g/mol. The molecule has 0 aliphatic carbocycles. The fourth-order valence-corrected chi connectivity index (χ4v) is 1.42. The van der Waals surface area contributed by atoms with Gasteiger partial charge in [0.05, 0.1) is 0 Å². The average Bonchev–Trinajstić information content (AvgIpc) is 2.41. The van der Waals surface area contributed by atoms with Crippen LogP contribution in [-0.4, -0.2) is 25.2 Å². The standard InChI is InChI=1S/C15H15ClO4/c1-11(2)15(18)20-9-8-19-14(17)7-6-12-4-3-5-13(16)10-12/h3-7,10H,1,8-9H2,2H3/b7-6+. The Morgan fingerprint density at radius 1 is 1.30 bits per heavy atom. The van der Waals surface area contributed by atoms with Crippen molar-refractivity contribution in [2.75, 3.05) is 13.2 Å². The molecule has 0 aliphatic rings. The quantitative estimate of drug-likeness (QED) is 0.460. The molecule has 0 aromatic heterocycles. The Bertz CT molecular complexity index is 534. The largest absolute Gasteiger partial charge is 0.459 e. The normalized spacial score (nSPS) is 10.3. The summed E-state index contributed by atoms with van der Waals surface area (Å²) < 4.78 is 9.63. The lowest BCUT2D eigenvalue weighted by molar-refractivity contribution is -0.146. The van der Waals surface area contributed by atoms with Crippen LogP contribution in [0.2, 0.25) is 5.02 Å². The van der Waals surface area contributed by atoms with Crippen molar-refractivity contribution in [3.8, 4) is 0 Å². The van der Waals surface area contributed by atoms with Crippen molar-refractivity contribution in [1.29, 1.82) is 0 Å². The van der Waals surface area contributed by atoms with Crippen molar-refractivity contribution < 1.29 is 19.1 Å². The van der Waals surface area contributed by atoms with Crippen molar-refractivity contribution >= 4 is 29.6 Å². The van der Waals surface area contributed by atoms with Crippen LogP contribution in [0.15, 0.2) is 42.5 Å². The molecule has 1 aromatic carbocycles. The van der Waals surface area contributed by atoms with Crippen LogP contribution >= 0.6 is 11.6 Å². The van der Waals surface area contributed by atoms with E-state index in [1.54, 1.807) is 31.2 Å². The summed E-state index contributed by atoms with van der Waals surface area (Å²) >= 11 is 5.81. The van der Waals surface area contributed by atoms with Crippen LogP contribution in [0, 0.1) is 0 Å². The van der Waals surface area contributed by atoms with Gasteiger partial charge in [-0.3, -0.25) is 0 Å². The van der Waals surface area contributed by atoms with Gasteiger partial charge in [-0.15, -0.1) is 0 Å². The highest BCUT2D eigenvalue weighted by molar-refractivity contribution is 6.30. The van der Waals surface area contributed by atoms with E-state index in [0.29, 0.717) is 10.6 Å². The first kappa shape index (κ1) is 16.0. The Labute approximate surface area is 122 Å². The van der Waals surface area contributed by atoms with E-state index < -0.39 is 11.9 Å². The molecule has 0 radical (unpaired) electrons. The topological polar surface area (TPSA) is 52.6 Å². The lowest BCUT2D eigenvalue weighted by atomic mass is 10.2. The molecular weight excluding hydrogens is 280 g/mol. The molecule has 0 saturated carbocycles. The number of hydrogen-bond acceptors (Lipinski definition) is 4. The summed E-state index contributed by atoms with van der Waals surface area (Å²) in [5, 5.41) is 0.590. The van der Waals surface area contributed by atoms with Gasteiger partial charge in [0, 0.05) is 16.7 Å². The molecule has 0 saturated heterocycles. The van der Waals surface area contributed by atoms with E-state index in [9.17, 15) is 9.59 Å². The third kappa shape index (κ3) is 6.20. The van der Waals surface area contributed by atoms with Gasteiger partial charge < -0.3 is 9.47 Å². The summed E-state index contributed by atoms with van der Waals surface area (Å²) in [5.41, 5.74) is 1.10. The fourth-order valence-electron chi connectivity index (χ4n) is 1.22. The first-order valence-corrected chi connectivity index (χ1v) is 6.30. The van der Waals surface area contributed by atoms with Gasteiger partial charge in [0.15, 0.2) is 0 Å². The minimum atomic E-state index is -0.517. The van der Waals surface area contributed by atoms with E-state index >= 15 is 0 Å². The number of halogens is 1. The zero-order valence-corrected chi connectivity index (χ0v) is 11.9. The van der Waals surface area contributed by atoms with Gasteiger partial charge >= 0.3 is 11.9 Å². The number of rotatable bonds is 6. The zero-order chi connectivity index (χ0) is 15.0. The molecule has 106 valence electrons. The van der Waals surface area contributed by atoms with E-state index in [-0.39, 0.29) is 13.2 Å². The lowest BCUT2D eigenvalue weighted by Crippen LogP contribution is -2.12. The van der Waals surface area contributed by atoms with E-state index in [2.05, 4.69) is 6.58 Å². The van der Waals surface area contributed by atoms with Crippen LogP contribution in [0.1, 0.15) is 12.5 Å². The van der Waals surface area contributed by atoms with Crippen LogP contribution in [0.3, 0.4) is 0 Å². The van der Waals surface area contributed by atoms with Crippen molar-refractivity contribution in [2.45, 2.75) is 6.92 Å². The summed E-state index contributed by atoms with van der Waals surface area (Å²) in [4.78, 5) is 22.4. The molecule has 0 fully saturated rings. The van der Waals surface area contributed by atoms with Crippen molar-refractivity contribution in [1.82, 2.24) is 0 Å². The molecule has 0 heterocycles. The van der Waals surface area contributed by atoms with Crippen molar-refractivity contribution in [3.63, 3.8) is 0 Å². The summed E-state index contributed by atoms with van der Waals surface area (Å²) in [6, 6.07) is 7.06. The first-order chi connectivity index (χ1) is 9.49. The van der Waals surface area contributed by atoms with Crippen LogP contribution < -0.4 is 0 Å². The molecule has 0 unspecified atom stereocenters. The maximum absolute atomic E-state index is 11.4. The molecule has 1 aromatic rings. The highest BCUT2D eigenvalue weighted by Crippen LogP contribution is 2.11. The fraction of sp³-hybridized carbons (Fsp3) is 0.200. The van der Waals surface area contributed by atoms with Gasteiger partial charge in [0.2, 0.25) is 0 Å². The minimum absolute atomic E-state index is 0.00224. The van der Waals surface area contributed by atoms with Gasteiger partial charge in [0.1, 0.15) is 13.2 Å². The second-order valence-corrected chi connectivity index (χ2v) is 4.41. The Morgan fingerprint density at radius 2 is 2.00 bits per heavy atom.